The number of benzene rings is 1. The number of urea groups is 1. The fourth-order valence-corrected chi connectivity index (χ4v) is 4.36. The number of halogens is 1. The molecule has 3 fully saturated rings. The van der Waals surface area contributed by atoms with Crippen molar-refractivity contribution in [1.82, 2.24) is 26.0 Å². The lowest BCUT2D eigenvalue weighted by atomic mass is 10.2. The summed E-state index contributed by atoms with van der Waals surface area (Å²) in [5.74, 6) is -0.658. The third-order valence-corrected chi connectivity index (χ3v) is 6.16. The summed E-state index contributed by atoms with van der Waals surface area (Å²) in [5, 5.41) is 7.53. The van der Waals surface area contributed by atoms with Crippen molar-refractivity contribution in [2.24, 2.45) is 0 Å². The SMILES string of the molecule is CC(=O)NC[C@H]1CN(c2ccc(N3CCNN(C(=O)N4CCCNCC4)CC3)c(F)c2)C(=O)O1. The first-order valence-corrected chi connectivity index (χ1v) is 11.7. The maximum absolute atomic E-state index is 15.1. The van der Waals surface area contributed by atoms with Gasteiger partial charge in [-0.05, 0) is 31.2 Å². The molecule has 3 N–H and O–H groups in total. The minimum atomic E-state index is -0.570. The minimum absolute atomic E-state index is 0.0530. The van der Waals surface area contributed by atoms with Crippen molar-refractivity contribution >= 4 is 29.4 Å². The van der Waals surface area contributed by atoms with Crippen LogP contribution in [0.1, 0.15) is 13.3 Å². The molecule has 0 radical (unpaired) electrons. The number of ether oxygens (including phenoxy) is 1. The standard InChI is InChI=1S/C22H32FN7O4/c1-16(31)25-14-18-15-29(22(33)34-18)17-3-4-20(19(23)13-17)27-10-7-26-30(12-11-27)21(32)28-8-2-5-24-6-9-28/h3-4,13,18,24,26H,2,5-12,14-15H2,1H3,(H,25,31)/t18-/m0/s1. The van der Waals surface area contributed by atoms with Crippen LogP contribution in [0.2, 0.25) is 0 Å². The monoisotopic (exact) mass is 477 g/mol. The van der Waals surface area contributed by atoms with Crippen LogP contribution >= 0.6 is 0 Å². The number of nitrogens with zero attached hydrogens (tertiary/aromatic N) is 4. The summed E-state index contributed by atoms with van der Waals surface area (Å²) in [4.78, 5) is 41.3. The fraction of sp³-hybridized carbons (Fsp3) is 0.591. The van der Waals surface area contributed by atoms with Gasteiger partial charge in [-0.15, -0.1) is 0 Å². The fourth-order valence-electron chi connectivity index (χ4n) is 4.36. The summed E-state index contributed by atoms with van der Waals surface area (Å²) in [6.07, 6.45) is -0.138. The molecule has 0 aromatic heterocycles. The van der Waals surface area contributed by atoms with Crippen LogP contribution in [0.3, 0.4) is 0 Å². The molecule has 3 aliphatic rings. The Balaban J connectivity index is 1.37. The molecule has 0 unspecified atom stereocenters. The summed E-state index contributed by atoms with van der Waals surface area (Å²) < 4.78 is 20.4. The van der Waals surface area contributed by atoms with Crippen molar-refractivity contribution in [3.05, 3.63) is 24.0 Å². The van der Waals surface area contributed by atoms with Crippen LogP contribution in [0.15, 0.2) is 18.2 Å². The highest BCUT2D eigenvalue weighted by Gasteiger charge is 2.33. The van der Waals surface area contributed by atoms with Gasteiger partial charge in [-0.1, -0.05) is 0 Å². The van der Waals surface area contributed by atoms with Crippen molar-refractivity contribution in [3.8, 4) is 0 Å². The molecule has 34 heavy (non-hydrogen) atoms. The maximum atomic E-state index is 15.1. The molecule has 3 heterocycles. The predicted molar refractivity (Wildman–Crippen MR) is 124 cm³/mol. The highest BCUT2D eigenvalue weighted by atomic mass is 19.1. The number of hydrogen-bond acceptors (Lipinski definition) is 7. The van der Waals surface area contributed by atoms with Crippen molar-refractivity contribution in [1.29, 1.82) is 0 Å². The van der Waals surface area contributed by atoms with Gasteiger partial charge in [-0.3, -0.25) is 14.7 Å². The van der Waals surface area contributed by atoms with Gasteiger partial charge in [0.2, 0.25) is 5.91 Å². The van der Waals surface area contributed by atoms with E-state index in [1.807, 2.05) is 9.80 Å². The van der Waals surface area contributed by atoms with Gasteiger partial charge in [-0.2, -0.15) is 0 Å². The van der Waals surface area contributed by atoms with Gasteiger partial charge in [0.15, 0.2) is 0 Å². The lowest BCUT2D eigenvalue weighted by molar-refractivity contribution is -0.119. The van der Waals surface area contributed by atoms with Gasteiger partial charge in [0.05, 0.1) is 31.0 Å². The van der Waals surface area contributed by atoms with Crippen LogP contribution in [0, 0.1) is 5.82 Å². The second-order valence-electron chi connectivity index (χ2n) is 8.61. The highest BCUT2D eigenvalue weighted by molar-refractivity contribution is 5.90. The summed E-state index contributed by atoms with van der Waals surface area (Å²) in [6, 6.07) is 4.61. The zero-order valence-electron chi connectivity index (χ0n) is 19.4. The van der Waals surface area contributed by atoms with E-state index in [1.54, 1.807) is 17.1 Å². The maximum Gasteiger partial charge on any atom is 0.414 e. The Labute approximate surface area is 198 Å². The summed E-state index contributed by atoms with van der Waals surface area (Å²) >= 11 is 0. The Morgan fingerprint density at radius 2 is 2.00 bits per heavy atom. The first kappa shape index (κ1) is 24.0. The molecule has 1 atom stereocenters. The van der Waals surface area contributed by atoms with Crippen LogP contribution in [-0.2, 0) is 9.53 Å². The zero-order valence-corrected chi connectivity index (χ0v) is 19.4. The number of carbonyl (C=O) groups excluding carboxylic acids is 3. The Kier molecular flexibility index (Phi) is 7.68. The molecule has 0 saturated carbocycles. The van der Waals surface area contributed by atoms with Crippen molar-refractivity contribution in [3.63, 3.8) is 0 Å². The number of cyclic esters (lactones) is 1. The molecule has 3 saturated heterocycles. The van der Waals surface area contributed by atoms with E-state index in [0.29, 0.717) is 50.6 Å². The highest BCUT2D eigenvalue weighted by Crippen LogP contribution is 2.28. The molecule has 3 aliphatic heterocycles. The summed E-state index contributed by atoms with van der Waals surface area (Å²) in [5.41, 5.74) is 3.98. The predicted octanol–water partition coefficient (Wildman–Crippen LogP) is 0.329. The van der Waals surface area contributed by atoms with Crippen molar-refractivity contribution < 1.29 is 23.5 Å². The third-order valence-electron chi connectivity index (χ3n) is 6.16. The summed E-state index contributed by atoms with van der Waals surface area (Å²) in [6.45, 7) is 6.84. The molecule has 11 nitrogen and oxygen atoms in total. The molecule has 186 valence electrons. The molecule has 12 heteroatoms. The third kappa shape index (κ3) is 5.68. The Bertz CT molecular complexity index is 909. The molecule has 4 rings (SSSR count). The second-order valence-corrected chi connectivity index (χ2v) is 8.61. The zero-order chi connectivity index (χ0) is 24.1. The van der Waals surface area contributed by atoms with Crippen LogP contribution in [0.4, 0.5) is 25.4 Å². The van der Waals surface area contributed by atoms with E-state index in [4.69, 9.17) is 4.74 Å². The average molecular weight is 478 g/mol. The number of hydrogen-bond donors (Lipinski definition) is 3. The largest absolute Gasteiger partial charge is 0.442 e. The average Bonchev–Trinajstić information content (AvgIpc) is 3.02. The number of nitrogens with one attached hydrogen (secondary N) is 3. The Morgan fingerprint density at radius 1 is 1.15 bits per heavy atom. The molecule has 0 spiro atoms. The van der Waals surface area contributed by atoms with Crippen molar-refractivity contribution in [2.75, 3.05) is 75.2 Å². The molecule has 1 aromatic carbocycles. The topological polar surface area (TPSA) is 109 Å². The number of anilines is 2. The first-order chi connectivity index (χ1) is 16.4. The van der Waals surface area contributed by atoms with E-state index in [2.05, 4.69) is 16.1 Å². The lowest BCUT2D eigenvalue weighted by Crippen LogP contribution is -2.51. The van der Waals surface area contributed by atoms with Crippen molar-refractivity contribution in [2.45, 2.75) is 19.4 Å². The van der Waals surface area contributed by atoms with Crippen LogP contribution < -0.4 is 25.9 Å². The van der Waals surface area contributed by atoms with Gasteiger partial charge in [0.1, 0.15) is 11.9 Å². The van der Waals surface area contributed by atoms with E-state index in [9.17, 15) is 14.4 Å². The molecule has 0 aliphatic carbocycles. The molecule has 1 aromatic rings. The smallest absolute Gasteiger partial charge is 0.414 e. The van der Waals surface area contributed by atoms with Gasteiger partial charge in [0, 0.05) is 46.2 Å². The van der Waals surface area contributed by atoms with Crippen LogP contribution in [-0.4, -0.2) is 99.5 Å². The number of hydrazine groups is 1. The Hall–Kier alpha value is -3.12. The van der Waals surface area contributed by atoms with Gasteiger partial charge >= 0.3 is 12.1 Å². The quantitative estimate of drug-likeness (QED) is 0.573. The van der Waals surface area contributed by atoms with Crippen LogP contribution in [0.25, 0.3) is 0 Å². The first-order valence-electron chi connectivity index (χ1n) is 11.7. The van der Waals surface area contributed by atoms with E-state index >= 15 is 4.39 Å². The summed E-state index contributed by atoms with van der Waals surface area (Å²) in [7, 11) is 0. The number of amides is 4. The van der Waals surface area contributed by atoms with E-state index in [1.165, 1.54) is 17.9 Å². The number of carbonyl (C=O) groups is 3. The van der Waals surface area contributed by atoms with Gasteiger partial charge < -0.3 is 25.2 Å². The molecular formula is C22H32FN7O4. The second kappa shape index (κ2) is 10.9. The minimum Gasteiger partial charge on any atom is -0.442 e. The van der Waals surface area contributed by atoms with Crippen LogP contribution in [0.5, 0.6) is 0 Å². The van der Waals surface area contributed by atoms with E-state index in [0.717, 1.165) is 19.5 Å². The molecule has 0 bridgehead atoms. The Morgan fingerprint density at radius 3 is 2.79 bits per heavy atom. The molecule has 4 amide bonds. The lowest BCUT2D eigenvalue weighted by Gasteiger charge is -2.29. The van der Waals surface area contributed by atoms with Gasteiger partial charge in [-0.25, -0.2) is 19.4 Å². The normalized spacial score (nSPS) is 21.7. The van der Waals surface area contributed by atoms with Gasteiger partial charge in [0.25, 0.3) is 0 Å². The molecular weight excluding hydrogens is 445 g/mol. The van der Waals surface area contributed by atoms with E-state index < -0.39 is 18.0 Å². The number of rotatable bonds is 4. The van der Waals surface area contributed by atoms with E-state index in [-0.39, 0.29) is 25.0 Å².